The minimum absolute atomic E-state index is 0. The maximum Gasteiger partial charge on any atom is 0.0537 e. The van der Waals surface area contributed by atoms with Gasteiger partial charge in [-0.25, -0.2) is 0 Å². The molecule has 0 atom stereocenters. The van der Waals surface area contributed by atoms with E-state index in [0.29, 0.717) is 5.92 Å². The summed E-state index contributed by atoms with van der Waals surface area (Å²) in [5.74, 6) is 0.610. The molecule has 5 nitrogen and oxygen atoms in total. The molecule has 112 valence electrons. The second-order valence-corrected chi connectivity index (χ2v) is 5.38. The summed E-state index contributed by atoms with van der Waals surface area (Å²) in [7, 11) is 1.97. The lowest BCUT2D eigenvalue weighted by Gasteiger charge is -2.10. The molecule has 0 fully saturated rings. The Kier molecular flexibility index (Phi) is 6.23. The molecule has 0 spiro atoms. The highest BCUT2D eigenvalue weighted by Crippen LogP contribution is 2.07. The standard InChI is InChI=1S/C14H23N5.ClH/c1-11(2)10-19-14(5-6-16-19)9-15-7-13-8-17-18(4)12(13)3;/h5-6,8,11,15H,7,9-10H2,1-4H3;1H. The Morgan fingerprint density at radius 1 is 1.25 bits per heavy atom. The summed E-state index contributed by atoms with van der Waals surface area (Å²) in [6, 6.07) is 2.07. The average molecular weight is 298 g/mol. The van der Waals surface area contributed by atoms with Crippen LogP contribution < -0.4 is 5.32 Å². The number of halogens is 1. The molecule has 0 saturated carbocycles. The maximum atomic E-state index is 4.36. The fourth-order valence-electron chi connectivity index (χ4n) is 2.06. The predicted octanol–water partition coefficient (Wildman–Crippen LogP) is 2.29. The van der Waals surface area contributed by atoms with Gasteiger partial charge in [0.2, 0.25) is 0 Å². The molecule has 0 aromatic carbocycles. The van der Waals surface area contributed by atoms with Crippen LogP contribution in [0.5, 0.6) is 0 Å². The van der Waals surface area contributed by atoms with E-state index in [9.17, 15) is 0 Å². The highest BCUT2D eigenvalue weighted by Gasteiger charge is 2.06. The van der Waals surface area contributed by atoms with Crippen LogP contribution in [0.25, 0.3) is 0 Å². The first-order valence-corrected chi connectivity index (χ1v) is 6.76. The van der Waals surface area contributed by atoms with Crippen LogP contribution in [0.2, 0.25) is 0 Å². The van der Waals surface area contributed by atoms with Crippen molar-refractivity contribution < 1.29 is 0 Å². The molecule has 0 aliphatic rings. The predicted molar refractivity (Wildman–Crippen MR) is 82.8 cm³/mol. The lowest BCUT2D eigenvalue weighted by molar-refractivity contribution is 0.461. The summed E-state index contributed by atoms with van der Waals surface area (Å²) in [6.45, 7) is 9.15. The van der Waals surface area contributed by atoms with Crippen molar-refractivity contribution in [2.75, 3.05) is 0 Å². The minimum atomic E-state index is 0. The van der Waals surface area contributed by atoms with Crippen LogP contribution in [0.1, 0.15) is 30.8 Å². The average Bonchev–Trinajstić information content (AvgIpc) is 2.90. The fourth-order valence-corrected chi connectivity index (χ4v) is 2.06. The van der Waals surface area contributed by atoms with Crippen molar-refractivity contribution in [2.45, 2.75) is 40.4 Å². The number of aryl methyl sites for hydroxylation is 1. The highest BCUT2D eigenvalue weighted by molar-refractivity contribution is 5.85. The molecule has 20 heavy (non-hydrogen) atoms. The van der Waals surface area contributed by atoms with Crippen LogP contribution in [0, 0.1) is 12.8 Å². The van der Waals surface area contributed by atoms with E-state index in [1.807, 2.05) is 24.1 Å². The van der Waals surface area contributed by atoms with Crippen molar-refractivity contribution >= 4 is 12.4 Å². The Morgan fingerprint density at radius 3 is 2.60 bits per heavy atom. The summed E-state index contributed by atoms with van der Waals surface area (Å²) in [5.41, 5.74) is 3.69. The molecule has 6 heteroatoms. The number of nitrogens with one attached hydrogen (secondary N) is 1. The monoisotopic (exact) mass is 297 g/mol. The van der Waals surface area contributed by atoms with Crippen LogP contribution in [-0.2, 0) is 26.7 Å². The Bertz CT molecular complexity index is 529. The van der Waals surface area contributed by atoms with E-state index in [0.717, 1.165) is 19.6 Å². The van der Waals surface area contributed by atoms with Gasteiger partial charge in [-0.2, -0.15) is 10.2 Å². The lowest BCUT2D eigenvalue weighted by Crippen LogP contribution is -2.18. The summed E-state index contributed by atoms with van der Waals surface area (Å²) >= 11 is 0. The Hall–Kier alpha value is -1.33. The minimum Gasteiger partial charge on any atom is -0.307 e. The molecular formula is C14H24ClN5. The second kappa shape index (κ2) is 7.45. The van der Waals surface area contributed by atoms with Gasteiger partial charge < -0.3 is 5.32 Å². The van der Waals surface area contributed by atoms with Gasteiger partial charge in [-0.1, -0.05) is 13.8 Å². The summed E-state index contributed by atoms with van der Waals surface area (Å²) < 4.78 is 3.98. The molecule has 0 unspecified atom stereocenters. The number of aromatic nitrogens is 4. The zero-order valence-corrected chi connectivity index (χ0v) is 13.4. The number of hydrogen-bond acceptors (Lipinski definition) is 3. The molecule has 0 aliphatic carbocycles. The maximum absolute atomic E-state index is 4.36. The third-order valence-corrected chi connectivity index (χ3v) is 3.30. The van der Waals surface area contributed by atoms with Gasteiger partial charge in [0.05, 0.1) is 11.9 Å². The van der Waals surface area contributed by atoms with Crippen LogP contribution in [0.15, 0.2) is 18.5 Å². The van der Waals surface area contributed by atoms with Gasteiger partial charge in [-0.3, -0.25) is 9.36 Å². The summed E-state index contributed by atoms with van der Waals surface area (Å²) in [5, 5.41) is 12.1. The van der Waals surface area contributed by atoms with E-state index in [1.165, 1.54) is 17.0 Å². The lowest BCUT2D eigenvalue weighted by atomic mass is 10.2. The molecular weight excluding hydrogens is 274 g/mol. The van der Waals surface area contributed by atoms with Crippen molar-refractivity contribution in [3.05, 3.63) is 35.4 Å². The second-order valence-electron chi connectivity index (χ2n) is 5.38. The van der Waals surface area contributed by atoms with Crippen molar-refractivity contribution in [3.8, 4) is 0 Å². The zero-order chi connectivity index (χ0) is 13.8. The number of nitrogens with zero attached hydrogens (tertiary/aromatic N) is 4. The van der Waals surface area contributed by atoms with E-state index in [4.69, 9.17) is 0 Å². The molecule has 0 radical (unpaired) electrons. The molecule has 2 rings (SSSR count). The zero-order valence-electron chi connectivity index (χ0n) is 12.6. The van der Waals surface area contributed by atoms with Gasteiger partial charge in [-0.15, -0.1) is 12.4 Å². The van der Waals surface area contributed by atoms with Gasteiger partial charge in [0.25, 0.3) is 0 Å². The van der Waals surface area contributed by atoms with Crippen LogP contribution >= 0.6 is 12.4 Å². The van der Waals surface area contributed by atoms with Crippen LogP contribution in [0.4, 0.5) is 0 Å². The van der Waals surface area contributed by atoms with E-state index >= 15 is 0 Å². The summed E-state index contributed by atoms with van der Waals surface area (Å²) in [4.78, 5) is 0. The van der Waals surface area contributed by atoms with Gasteiger partial charge in [-0.05, 0) is 18.9 Å². The van der Waals surface area contributed by atoms with Gasteiger partial charge in [0.1, 0.15) is 0 Å². The third kappa shape index (κ3) is 4.08. The Morgan fingerprint density at radius 2 is 2.00 bits per heavy atom. The van der Waals surface area contributed by atoms with Crippen molar-refractivity contribution in [1.82, 2.24) is 24.9 Å². The molecule has 0 bridgehead atoms. The first kappa shape index (κ1) is 16.7. The molecule has 2 aromatic rings. The van der Waals surface area contributed by atoms with E-state index in [1.54, 1.807) is 0 Å². The molecule has 1 N–H and O–H groups in total. The first-order valence-electron chi connectivity index (χ1n) is 6.76. The van der Waals surface area contributed by atoms with Crippen molar-refractivity contribution in [3.63, 3.8) is 0 Å². The normalized spacial score (nSPS) is 10.8. The quantitative estimate of drug-likeness (QED) is 0.890. The van der Waals surface area contributed by atoms with Crippen LogP contribution in [0.3, 0.4) is 0 Å². The number of hydrogen-bond donors (Lipinski definition) is 1. The van der Waals surface area contributed by atoms with Gasteiger partial charge in [0.15, 0.2) is 0 Å². The fraction of sp³-hybridized carbons (Fsp3) is 0.571. The van der Waals surface area contributed by atoms with Crippen molar-refractivity contribution in [2.24, 2.45) is 13.0 Å². The molecule has 2 heterocycles. The highest BCUT2D eigenvalue weighted by atomic mass is 35.5. The first-order chi connectivity index (χ1) is 9.08. The van der Waals surface area contributed by atoms with E-state index in [-0.39, 0.29) is 12.4 Å². The van der Waals surface area contributed by atoms with Gasteiger partial charge in [0, 0.05) is 44.1 Å². The molecule has 2 aromatic heterocycles. The van der Waals surface area contributed by atoms with E-state index in [2.05, 4.69) is 47.0 Å². The molecule has 0 amide bonds. The Labute approximate surface area is 126 Å². The third-order valence-electron chi connectivity index (χ3n) is 3.30. The topological polar surface area (TPSA) is 47.7 Å². The Balaban J connectivity index is 0.00000200. The smallest absolute Gasteiger partial charge is 0.0537 e. The van der Waals surface area contributed by atoms with Crippen molar-refractivity contribution in [1.29, 1.82) is 0 Å². The number of rotatable bonds is 6. The van der Waals surface area contributed by atoms with Gasteiger partial charge >= 0.3 is 0 Å². The van der Waals surface area contributed by atoms with Crippen LogP contribution in [-0.4, -0.2) is 19.6 Å². The molecule has 0 saturated heterocycles. The van der Waals surface area contributed by atoms with E-state index < -0.39 is 0 Å². The largest absolute Gasteiger partial charge is 0.307 e. The SMILES string of the molecule is Cc1c(CNCc2ccnn2CC(C)C)cnn1C.Cl. The molecule has 0 aliphatic heterocycles. The summed E-state index contributed by atoms with van der Waals surface area (Å²) in [6.07, 6.45) is 3.79.